The molecule has 1 fully saturated rings. The molecule has 2 atom stereocenters. The molecule has 0 unspecified atom stereocenters. The third-order valence-corrected chi connectivity index (χ3v) is 4.82. The summed E-state index contributed by atoms with van der Waals surface area (Å²) in [6, 6.07) is 12.1. The number of rotatable bonds is 5. The van der Waals surface area contributed by atoms with Gasteiger partial charge in [0, 0.05) is 24.7 Å². The minimum atomic E-state index is -1.41. The Morgan fingerprint density at radius 3 is 2.61 bits per heavy atom. The number of ether oxygens (including phenoxy) is 2. The lowest BCUT2D eigenvalue weighted by Gasteiger charge is -2.22. The van der Waals surface area contributed by atoms with Gasteiger partial charge in [0.1, 0.15) is 0 Å². The summed E-state index contributed by atoms with van der Waals surface area (Å²) in [6.45, 7) is 0.279. The Hall–Kier alpha value is -3.55. The first-order chi connectivity index (χ1) is 13.5. The van der Waals surface area contributed by atoms with E-state index in [2.05, 4.69) is 5.32 Å². The van der Waals surface area contributed by atoms with Crippen molar-refractivity contribution in [3.05, 3.63) is 54.1 Å². The topological polar surface area (TPSA) is 108 Å². The van der Waals surface area contributed by atoms with Crippen molar-refractivity contribution in [1.82, 2.24) is 5.32 Å². The van der Waals surface area contributed by atoms with Crippen LogP contribution in [0.3, 0.4) is 0 Å². The largest absolute Gasteiger partial charge is 0.548 e. The van der Waals surface area contributed by atoms with E-state index >= 15 is 0 Å². The highest BCUT2D eigenvalue weighted by Gasteiger charge is 2.36. The van der Waals surface area contributed by atoms with Gasteiger partial charge in [-0.25, -0.2) is 0 Å². The van der Waals surface area contributed by atoms with E-state index in [0.29, 0.717) is 22.7 Å². The summed E-state index contributed by atoms with van der Waals surface area (Å²) in [5, 5.41) is 14.0. The van der Waals surface area contributed by atoms with Gasteiger partial charge in [0.2, 0.25) is 18.6 Å². The Balaban J connectivity index is 1.47. The van der Waals surface area contributed by atoms with Crippen LogP contribution in [0.25, 0.3) is 0 Å². The van der Waals surface area contributed by atoms with Crippen molar-refractivity contribution in [2.75, 3.05) is 18.2 Å². The summed E-state index contributed by atoms with van der Waals surface area (Å²) in [5.74, 6) is -1.65. The number of benzene rings is 2. The van der Waals surface area contributed by atoms with Gasteiger partial charge in [0.25, 0.3) is 0 Å². The van der Waals surface area contributed by atoms with Gasteiger partial charge in [-0.2, -0.15) is 0 Å². The molecule has 0 spiro atoms. The Labute approximate surface area is 160 Å². The fraction of sp³-hybridized carbons (Fsp3) is 0.250. The van der Waals surface area contributed by atoms with Crippen LogP contribution in [0.4, 0.5) is 5.69 Å². The number of carbonyl (C=O) groups is 3. The number of amides is 2. The molecule has 1 saturated heterocycles. The van der Waals surface area contributed by atoms with Gasteiger partial charge < -0.3 is 29.6 Å². The van der Waals surface area contributed by atoms with Crippen molar-refractivity contribution in [2.45, 2.75) is 12.5 Å². The molecule has 144 valence electrons. The van der Waals surface area contributed by atoms with Crippen LogP contribution >= 0.6 is 0 Å². The average Bonchev–Trinajstić information content (AvgIpc) is 3.32. The zero-order valence-electron chi connectivity index (χ0n) is 14.8. The van der Waals surface area contributed by atoms with Gasteiger partial charge >= 0.3 is 0 Å². The van der Waals surface area contributed by atoms with E-state index in [4.69, 9.17) is 9.47 Å². The van der Waals surface area contributed by atoms with Crippen LogP contribution in [0, 0.1) is 5.92 Å². The van der Waals surface area contributed by atoms with Gasteiger partial charge in [-0.3, -0.25) is 9.59 Å². The molecule has 0 aliphatic carbocycles. The smallest absolute Gasteiger partial charge is 0.231 e. The normalized spacial score (nSPS) is 18.8. The number of hydrogen-bond donors (Lipinski definition) is 1. The number of fused-ring (bicyclic) bond motifs is 1. The highest BCUT2D eigenvalue weighted by Crippen LogP contribution is 2.37. The SMILES string of the molecule is O=C(N[C@@H](C(=O)[O-])c1ccccc1)[C@@H]1CC(=O)N(c2ccc3c(c2)OCO3)C1. The van der Waals surface area contributed by atoms with Gasteiger partial charge in [0.05, 0.1) is 17.9 Å². The highest BCUT2D eigenvalue weighted by atomic mass is 16.7. The maximum absolute atomic E-state index is 12.6. The predicted molar refractivity (Wildman–Crippen MR) is 95.4 cm³/mol. The number of carboxylic acids is 1. The van der Waals surface area contributed by atoms with E-state index in [1.165, 1.54) is 4.90 Å². The summed E-state index contributed by atoms with van der Waals surface area (Å²) < 4.78 is 10.6. The molecule has 2 aromatic rings. The van der Waals surface area contributed by atoms with Gasteiger partial charge in [-0.1, -0.05) is 30.3 Å². The first kappa shape index (κ1) is 17.8. The zero-order chi connectivity index (χ0) is 19.7. The number of carboxylic acid groups (broad SMARTS) is 1. The van der Waals surface area contributed by atoms with Crippen LogP contribution in [0.15, 0.2) is 48.5 Å². The average molecular weight is 381 g/mol. The molecule has 2 aliphatic rings. The molecule has 2 heterocycles. The lowest BCUT2D eigenvalue weighted by atomic mass is 10.0. The molecule has 0 saturated carbocycles. The van der Waals surface area contributed by atoms with Crippen LogP contribution < -0.4 is 24.8 Å². The maximum Gasteiger partial charge on any atom is 0.231 e. The number of nitrogens with zero attached hydrogens (tertiary/aromatic N) is 1. The van der Waals surface area contributed by atoms with Crippen LogP contribution in [0.2, 0.25) is 0 Å². The summed E-state index contributed by atoms with van der Waals surface area (Å²) >= 11 is 0. The molecule has 28 heavy (non-hydrogen) atoms. The molecule has 0 aromatic heterocycles. The molecule has 0 bridgehead atoms. The molecular formula is C20H17N2O6-. The minimum absolute atomic E-state index is 0.00513. The van der Waals surface area contributed by atoms with Crippen LogP contribution in [-0.2, 0) is 14.4 Å². The number of hydrogen-bond acceptors (Lipinski definition) is 6. The van der Waals surface area contributed by atoms with Crippen molar-refractivity contribution in [3.63, 3.8) is 0 Å². The fourth-order valence-corrected chi connectivity index (χ4v) is 3.37. The Morgan fingerprint density at radius 1 is 1.11 bits per heavy atom. The van der Waals surface area contributed by atoms with Crippen molar-refractivity contribution in [2.24, 2.45) is 5.92 Å². The molecule has 2 aromatic carbocycles. The van der Waals surface area contributed by atoms with E-state index in [0.717, 1.165) is 0 Å². The third-order valence-electron chi connectivity index (χ3n) is 4.82. The molecule has 8 heteroatoms. The van der Waals surface area contributed by atoms with Crippen molar-refractivity contribution < 1.29 is 29.0 Å². The van der Waals surface area contributed by atoms with Crippen LogP contribution in [-0.4, -0.2) is 31.1 Å². The first-order valence-electron chi connectivity index (χ1n) is 8.79. The van der Waals surface area contributed by atoms with Gasteiger partial charge in [0.15, 0.2) is 11.5 Å². The summed E-state index contributed by atoms with van der Waals surface area (Å²) in [5.41, 5.74) is 1.01. The Morgan fingerprint density at radius 2 is 1.86 bits per heavy atom. The van der Waals surface area contributed by atoms with Crippen molar-refractivity contribution in [3.8, 4) is 11.5 Å². The second-order valence-electron chi connectivity index (χ2n) is 6.61. The van der Waals surface area contributed by atoms with Crippen molar-refractivity contribution >= 4 is 23.5 Å². The highest BCUT2D eigenvalue weighted by molar-refractivity contribution is 6.01. The monoisotopic (exact) mass is 381 g/mol. The Kier molecular flexibility index (Phi) is 4.60. The number of nitrogens with one attached hydrogen (secondary N) is 1. The minimum Gasteiger partial charge on any atom is -0.548 e. The summed E-state index contributed by atoms with van der Waals surface area (Å²) in [7, 11) is 0. The quantitative estimate of drug-likeness (QED) is 0.802. The molecule has 1 N–H and O–H groups in total. The Bertz CT molecular complexity index is 930. The molecule has 0 radical (unpaired) electrons. The van der Waals surface area contributed by atoms with E-state index in [-0.39, 0.29) is 25.7 Å². The molecule has 2 aliphatic heterocycles. The predicted octanol–water partition coefficient (Wildman–Crippen LogP) is 0.376. The van der Waals surface area contributed by atoms with Crippen LogP contribution in [0.5, 0.6) is 11.5 Å². The molecule has 8 nitrogen and oxygen atoms in total. The molecule has 2 amide bonds. The third kappa shape index (κ3) is 3.36. The maximum atomic E-state index is 12.6. The van der Waals surface area contributed by atoms with Crippen LogP contribution in [0.1, 0.15) is 18.0 Å². The lowest BCUT2D eigenvalue weighted by molar-refractivity contribution is -0.308. The van der Waals surface area contributed by atoms with E-state index in [1.807, 2.05) is 0 Å². The first-order valence-corrected chi connectivity index (χ1v) is 8.79. The standard InChI is InChI=1S/C20H18N2O6/c23-17-8-13(10-22(17)14-6-7-15-16(9-14)28-11-27-15)19(24)21-18(20(25)26)12-4-2-1-3-5-12/h1-7,9,13,18H,8,10-11H2,(H,21,24)(H,25,26)/p-1/t13-,18-/m1/s1. The van der Waals surface area contributed by atoms with Gasteiger partial charge in [-0.05, 0) is 17.7 Å². The lowest BCUT2D eigenvalue weighted by Crippen LogP contribution is -2.44. The summed E-state index contributed by atoms with van der Waals surface area (Å²) in [4.78, 5) is 38.0. The fourth-order valence-electron chi connectivity index (χ4n) is 3.37. The second-order valence-corrected chi connectivity index (χ2v) is 6.61. The number of aliphatic carboxylic acids is 1. The molecule has 4 rings (SSSR count). The summed E-state index contributed by atoms with van der Waals surface area (Å²) in [6.07, 6.45) is -0.00513. The van der Waals surface area contributed by atoms with Gasteiger partial charge in [-0.15, -0.1) is 0 Å². The molecular weight excluding hydrogens is 364 g/mol. The number of anilines is 1. The van der Waals surface area contributed by atoms with E-state index in [1.54, 1.807) is 48.5 Å². The zero-order valence-corrected chi connectivity index (χ0v) is 14.8. The second kappa shape index (κ2) is 7.22. The van der Waals surface area contributed by atoms with E-state index in [9.17, 15) is 19.5 Å². The van der Waals surface area contributed by atoms with E-state index < -0.39 is 23.8 Å². The van der Waals surface area contributed by atoms with Crippen molar-refractivity contribution in [1.29, 1.82) is 0 Å². The number of carbonyl (C=O) groups excluding carboxylic acids is 3.